The van der Waals surface area contributed by atoms with Crippen LogP contribution in [0, 0.1) is 0 Å². The third-order valence-corrected chi connectivity index (χ3v) is 4.43. The first kappa shape index (κ1) is 17.2. The molecule has 0 radical (unpaired) electrons. The van der Waals surface area contributed by atoms with Crippen LogP contribution in [-0.4, -0.2) is 58.7 Å². The number of aromatic amines is 1. The Morgan fingerprint density at radius 3 is 2.80 bits per heavy atom. The quantitative estimate of drug-likeness (QED) is 0.823. The lowest BCUT2D eigenvalue weighted by molar-refractivity contribution is -0.131. The minimum Gasteiger partial charge on any atom is -0.382 e. The Kier molecular flexibility index (Phi) is 5.49. The fourth-order valence-electron chi connectivity index (χ4n) is 2.69. The number of anilines is 2. The summed E-state index contributed by atoms with van der Waals surface area (Å²) in [6, 6.07) is 5.82. The predicted octanol–water partition coefficient (Wildman–Crippen LogP) is 0.969. The third-order valence-electron chi connectivity index (χ3n) is 4.06. The molecule has 0 aliphatic carbocycles. The molecule has 1 amide bonds. The van der Waals surface area contributed by atoms with Gasteiger partial charge in [-0.2, -0.15) is 5.10 Å². The van der Waals surface area contributed by atoms with Gasteiger partial charge in [-0.25, -0.2) is 10.1 Å². The summed E-state index contributed by atoms with van der Waals surface area (Å²) in [5, 5.41) is 8.95. The number of halogens is 1. The van der Waals surface area contributed by atoms with E-state index in [2.05, 4.69) is 25.4 Å². The van der Waals surface area contributed by atoms with Crippen LogP contribution in [0.15, 0.2) is 35.4 Å². The van der Waals surface area contributed by atoms with E-state index in [0.717, 1.165) is 18.9 Å². The van der Waals surface area contributed by atoms with Crippen LogP contribution in [0.2, 0.25) is 5.02 Å². The van der Waals surface area contributed by atoms with Crippen molar-refractivity contribution in [1.82, 2.24) is 20.1 Å². The molecule has 0 aromatic carbocycles. The predicted molar refractivity (Wildman–Crippen MR) is 96.0 cm³/mol. The molecule has 9 heteroatoms. The monoisotopic (exact) mass is 362 g/mol. The molecule has 2 aromatic rings. The highest BCUT2D eigenvalue weighted by Gasteiger charge is 2.21. The second-order valence-electron chi connectivity index (χ2n) is 5.66. The molecule has 3 rings (SSSR count). The van der Waals surface area contributed by atoms with E-state index in [1.165, 1.54) is 6.20 Å². The first-order chi connectivity index (χ1) is 12.1. The number of nitrogens with one attached hydrogen (secondary N) is 2. The Morgan fingerprint density at radius 1 is 1.28 bits per heavy atom. The van der Waals surface area contributed by atoms with E-state index in [4.69, 9.17) is 11.6 Å². The number of carbonyl (C=O) groups is 1. The first-order valence-corrected chi connectivity index (χ1v) is 8.44. The van der Waals surface area contributed by atoms with Gasteiger partial charge >= 0.3 is 0 Å². The number of hydrogen-bond donors (Lipinski definition) is 2. The summed E-state index contributed by atoms with van der Waals surface area (Å²) in [4.78, 5) is 32.0. The lowest BCUT2D eigenvalue weighted by Crippen LogP contribution is -2.49. The second-order valence-corrected chi connectivity index (χ2v) is 6.04. The summed E-state index contributed by atoms with van der Waals surface area (Å²) < 4.78 is 0. The van der Waals surface area contributed by atoms with E-state index >= 15 is 0 Å². The number of aromatic nitrogens is 3. The maximum atomic E-state index is 12.3. The van der Waals surface area contributed by atoms with Crippen molar-refractivity contribution in [1.29, 1.82) is 0 Å². The highest BCUT2D eigenvalue weighted by Crippen LogP contribution is 2.15. The van der Waals surface area contributed by atoms with E-state index < -0.39 is 5.56 Å². The van der Waals surface area contributed by atoms with Crippen LogP contribution < -0.4 is 15.8 Å². The normalized spacial score (nSPS) is 14.4. The van der Waals surface area contributed by atoms with Crippen LogP contribution >= 0.6 is 11.6 Å². The van der Waals surface area contributed by atoms with Gasteiger partial charge in [-0.05, 0) is 12.1 Å². The number of carbonyl (C=O) groups excluding carboxylic acids is 1. The van der Waals surface area contributed by atoms with Crippen molar-refractivity contribution in [2.75, 3.05) is 42.9 Å². The van der Waals surface area contributed by atoms with Crippen LogP contribution in [0.4, 0.5) is 11.5 Å². The Hall–Kier alpha value is -2.61. The molecule has 1 aliphatic rings. The van der Waals surface area contributed by atoms with Crippen molar-refractivity contribution in [2.45, 2.75) is 6.42 Å². The van der Waals surface area contributed by atoms with Crippen LogP contribution in [0.3, 0.4) is 0 Å². The molecule has 1 fully saturated rings. The van der Waals surface area contributed by atoms with Crippen molar-refractivity contribution in [2.24, 2.45) is 0 Å². The standard InChI is InChI=1S/C16H19ClN6O2/c17-15-12(11-20-21-16(15)25)18-6-4-14(24)23-9-7-22(8-10-23)13-3-1-2-5-19-13/h1-3,5,11H,4,6-10H2,(H2,18,21,25). The molecule has 1 saturated heterocycles. The number of hydrogen-bond acceptors (Lipinski definition) is 6. The topological polar surface area (TPSA) is 94.2 Å². The number of rotatable bonds is 5. The van der Waals surface area contributed by atoms with Gasteiger partial charge in [-0.1, -0.05) is 17.7 Å². The molecule has 0 saturated carbocycles. The molecule has 2 aromatic heterocycles. The average Bonchev–Trinajstić information content (AvgIpc) is 2.66. The van der Waals surface area contributed by atoms with Gasteiger partial charge in [0.25, 0.3) is 5.56 Å². The number of amides is 1. The van der Waals surface area contributed by atoms with Gasteiger partial charge in [-0.15, -0.1) is 0 Å². The molecule has 25 heavy (non-hydrogen) atoms. The van der Waals surface area contributed by atoms with Crippen LogP contribution in [0.5, 0.6) is 0 Å². The summed E-state index contributed by atoms with van der Waals surface area (Å²) in [5.41, 5.74) is -0.0261. The summed E-state index contributed by atoms with van der Waals surface area (Å²) in [7, 11) is 0. The molecule has 0 bridgehead atoms. The highest BCUT2D eigenvalue weighted by atomic mass is 35.5. The van der Waals surface area contributed by atoms with Gasteiger partial charge in [0.1, 0.15) is 10.8 Å². The Labute approximate surface area is 149 Å². The summed E-state index contributed by atoms with van der Waals surface area (Å²) in [6.07, 6.45) is 3.53. The van der Waals surface area contributed by atoms with Gasteiger partial charge < -0.3 is 15.1 Å². The molecule has 0 unspecified atom stereocenters. The molecule has 1 aliphatic heterocycles. The SMILES string of the molecule is O=C(CCNc1cn[nH]c(=O)c1Cl)N1CCN(c2ccccn2)CC1. The lowest BCUT2D eigenvalue weighted by Gasteiger charge is -2.35. The molecule has 132 valence electrons. The van der Waals surface area contributed by atoms with Crippen molar-refractivity contribution < 1.29 is 4.79 Å². The van der Waals surface area contributed by atoms with E-state index in [0.29, 0.717) is 31.7 Å². The van der Waals surface area contributed by atoms with Crippen LogP contribution in [0.1, 0.15) is 6.42 Å². The highest BCUT2D eigenvalue weighted by molar-refractivity contribution is 6.32. The maximum absolute atomic E-state index is 12.3. The van der Waals surface area contributed by atoms with Crippen molar-refractivity contribution in [3.8, 4) is 0 Å². The van der Waals surface area contributed by atoms with E-state index in [-0.39, 0.29) is 10.9 Å². The van der Waals surface area contributed by atoms with Crippen molar-refractivity contribution in [3.05, 3.63) is 46.0 Å². The van der Waals surface area contributed by atoms with Gasteiger partial charge in [0.15, 0.2) is 0 Å². The minimum absolute atomic E-state index is 0.0476. The molecule has 3 heterocycles. The molecule has 2 N–H and O–H groups in total. The fraction of sp³-hybridized carbons (Fsp3) is 0.375. The maximum Gasteiger partial charge on any atom is 0.285 e. The smallest absolute Gasteiger partial charge is 0.285 e. The average molecular weight is 363 g/mol. The van der Waals surface area contributed by atoms with E-state index in [1.54, 1.807) is 6.20 Å². The number of pyridine rings is 1. The van der Waals surface area contributed by atoms with Gasteiger partial charge in [-0.3, -0.25) is 9.59 Å². The number of piperazine rings is 1. The zero-order valence-corrected chi connectivity index (χ0v) is 14.4. The molecule has 0 atom stereocenters. The molecule has 8 nitrogen and oxygen atoms in total. The Balaban J connectivity index is 1.45. The lowest BCUT2D eigenvalue weighted by atomic mass is 10.2. The van der Waals surface area contributed by atoms with Crippen LogP contribution in [0.25, 0.3) is 0 Å². The van der Waals surface area contributed by atoms with E-state index in [1.807, 2.05) is 23.1 Å². The van der Waals surface area contributed by atoms with Gasteiger partial charge in [0.2, 0.25) is 5.91 Å². The zero-order valence-electron chi connectivity index (χ0n) is 13.6. The summed E-state index contributed by atoms with van der Waals surface area (Å²) in [6.45, 7) is 3.26. The minimum atomic E-state index is -0.455. The van der Waals surface area contributed by atoms with Gasteiger partial charge in [0, 0.05) is 45.3 Å². The molecular formula is C16H19ClN6O2. The largest absolute Gasteiger partial charge is 0.382 e. The zero-order chi connectivity index (χ0) is 17.6. The third kappa shape index (κ3) is 4.27. The molecule has 0 spiro atoms. The number of H-pyrrole nitrogens is 1. The Bertz CT molecular complexity index is 774. The van der Waals surface area contributed by atoms with Crippen molar-refractivity contribution in [3.63, 3.8) is 0 Å². The Morgan fingerprint density at radius 2 is 2.08 bits per heavy atom. The van der Waals surface area contributed by atoms with E-state index in [9.17, 15) is 9.59 Å². The van der Waals surface area contributed by atoms with Gasteiger partial charge in [0.05, 0.1) is 11.9 Å². The first-order valence-electron chi connectivity index (χ1n) is 8.06. The fourth-order valence-corrected chi connectivity index (χ4v) is 2.85. The summed E-state index contributed by atoms with van der Waals surface area (Å²) in [5.74, 6) is 1.01. The van der Waals surface area contributed by atoms with Crippen LogP contribution in [-0.2, 0) is 4.79 Å². The second kappa shape index (κ2) is 7.98. The van der Waals surface area contributed by atoms with Crippen molar-refractivity contribution >= 4 is 29.0 Å². The molecular weight excluding hydrogens is 344 g/mol. The number of nitrogens with zero attached hydrogens (tertiary/aromatic N) is 4. The summed E-state index contributed by atoms with van der Waals surface area (Å²) >= 11 is 5.88.